The number of furan rings is 1. The van der Waals surface area contributed by atoms with Crippen molar-refractivity contribution in [1.29, 1.82) is 0 Å². The Hall–Kier alpha value is -3.06. The van der Waals surface area contributed by atoms with Gasteiger partial charge in [-0.05, 0) is 55.8 Å². The number of benzene rings is 1. The summed E-state index contributed by atoms with van der Waals surface area (Å²) in [5.41, 5.74) is 1.82. The van der Waals surface area contributed by atoms with Crippen molar-refractivity contribution >= 4 is 5.97 Å². The average molecular weight is 424 g/mol. The van der Waals surface area contributed by atoms with Gasteiger partial charge >= 0.3 is 5.97 Å². The van der Waals surface area contributed by atoms with Gasteiger partial charge in [0.2, 0.25) is 0 Å². The van der Waals surface area contributed by atoms with E-state index >= 15 is 0 Å². The summed E-state index contributed by atoms with van der Waals surface area (Å²) in [5.74, 6) is 2.87. The van der Waals surface area contributed by atoms with E-state index in [1.165, 1.54) is 13.3 Å². The molecule has 0 aliphatic carbocycles. The van der Waals surface area contributed by atoms with E-state index in [9.17, 15) is 4.79 Å². The van der Waals surface area contributed by atoms with Crippen molar-refractivity contribution in [3.8, 4) is 17.0 Å². The van der Waals surface area contributed by atoms with Gasteiger partial charge in [-0.25, -0.2) is 0 Å². The van der Waals surface area contributed by atoms with E-state index in [1.807, 2.05) is 42.5 Å². The molecule has 1 aliphatic heterocycles. The Morgan fingerprint density at radius 3 is 2.71 bits per heavy atom. The number of carbonyl (C=O) groups is 1. The number of hydrogen-bond donors (Lipinski definition) is 0. The van der Waals surface area contributed by atoms with Crippen LogP contribution in [0.1, 0.15) is 55.9 Å². The Bertz CT molecular complexity index is 992. The lowest BCUT2D eigenvalue weighted by Crippen LogP contribution is -2.27. The first-order valence-electron chi connectivity index (χ1n) is 10.7. The molecule has 1 saturated heterocycles. The Morgan fingerprint density at radius 1 is 1.13 bits per heavy atom. The Morgan fingerprint density at radius 2 is 1.94 bits per heavy atom. The van der Waals surface area contributed by atoms with Crippen LogP contribution in [0.3, 0.4) is 0 Å². The zero-order valence-electron chi connectivity index (χ0n) is 18.0. The topological polar surface area (TPSA) is 77.9 Å². The SMILES string of the molecule is COc1ccc(-c2cc([C@@H]3CCCCCN3Cc3ccc(COC(C)=O)o3)on2)cc1. The molecule has 1 aliphatic rings. The van der Waals surface area contributed by atoms with Crippen LogP contribution in [0, 0.1) is 0 Å². The first-order valence-corrected chi connectivity index (χ1v) is 10.7. The van der Waals surface area contributed by atoms with E-state index in [4.69, 9.17) is 18.4 Å². The predicted molar refractivity (Wildman–Crippen MR) is 114 cm³/mol. The standard InChI is InChI=1S/C24H28N2O5/c1-17(27)29-16-21-12-11-20(30-21)15-26-13-5-3-4-6-23(26)24-14-22(25-31-24)18-7-9-19(28-2)10-8-18/h7-12,14,23H,3-6,13,15-16H2,1-2H3/t23-/m0/s1. The number of nitrogens with zero attached hydrogens (tertiary/aromatic N) is 2. The molecule has 7 nitrogen and oxygen atoms in total. The lowest BCUT2D eigenvalue weighted by molar-refractivity contribution is -0.142. The molecular formula is C24H28N2O5. The van der Waals surface area contributed by atoms with E-state index < -0.39 is 0 Å². The minimum absolute atomic E-state index is 0.143. The molecule has 3 aromatic rings. The third-order valence-electron chi connectivity index (χ3n) is 5.60. The lowest BCUT2D eigenvalue weighted by atomic mass is 10.1. The molecule has 0 saturated carbocycles. The molecule has 1 atom stereocenters. The second-order valence-electron chi connectivity index (χ2n) is 7.83. The number of aromatic nitrogens is 1. The lowest BCUT2D eigenvalue weighted by Gasteiger charge is -2.27. The van der Waals surface area contributed by atoms with Crippen LogP contribution in [0.15, 0.2) is 51.4 Å². The highest BCUT2D eigenvalue weighted by atomic mass is 16.5. The molecule has 1 aromatic carbocycles. The molecule has 0 unspecified atom stereocenters. The smallest absolute Gasteiger partial charge is 0.303 e. The van der Waals surface area contributed by atoms with E-state index in [1.54, 1.807) is 7.11 Å². The van der Waals surface area contributed by atoms with E-state index in [2.05, 4.69) is 10.1 Å². The fraction of sp³-hybridized carbons (Fsp3) is 0.417. The molecule has 0 radical (unpaired) electrons. The van der Waals surface area contributed by atoms with Gasteiger partial charge in [-0.2, -0.15) is 0 Å². The second kappa shape index (κ2) is 9.83. The number of likely N-dealkylation sites (tertiary alicyclic amines) is 1. The van der Waals surface area contributed by atoms with Crippen molar-refractivity contribution in [2.24, 2.45) is 0 Å². The molecule has 7 heteroatoms. The molecule has 0 spiro atoms. The van der Waals surface area contributed by atoms with E-state index in [-0.39, 0.29) is 18.6 Å². The summed E-state index contributed by atoms with van der Waals surface area (Å²) in [6.07, 6.45) is 4.49. The summed E-state index contributed by atoms with van der Waals surface area (Å²) in [6, 6.07) is 13.8. The molecule has 0 amide bonds. The number of esters is 1. The van der Waals surface area contributed by atoms with Gasteiger partial charge in [0.1, 0.15) is 29.6 Å². The minimum Gasteiger partial charge on any atom is -0.497 e. The molecule has 1 fully saturated rings. The minimum atomic E-state index is -0.316. The van der Waals surface area contributed by atoms with E-state index in [0.29, 0.717) is 12.3 Å². The van der Waals surface area contributed by atoms with Crippen molar-refractivity contribution in [3.05, 3.63) is 59.7 Å². The summed E-state index contributed by atoms with van der Waals surface area (Å²) in [4.78, 5) is 13.4. The highest BCUT2D eigenvalue weighted by molar-refractivity contribution is 5.65. The normalized spacial score (nSPS) is 17.3. The van der Waals surface area contributed by atoms with Gasteiger partial charge < -0.3 is 18.4 Å². The second-order valence-corrected chi connectivity index (χ2v) is 7.83. The van der Waals surface area contributed by atoms with Crippen LogP contribution in [0.5, 0.6) is 5.75 Å². The molecule has 2 aromatic heterocycles. The van der Waals surface area contributed by atoms with Gasteiger partial charge in [-0.15, -0.1) is 0 Å². The Labute approximate surface area is 181 Å². The monoisotopic (exact) mass is 424 g/mol. The van der Waals surface area contributed by atoms with Crippen molar-refractivity contribution in [2.75, 3.05) is 13.7 Å². The van der Waals surface area contributed by atoms with Crippen LogP contribution in [0.25, 0.3) is 11.3 Å². The molecular weight excluding hydrogens is 396 g/mol. The fourth-order valence-corrected chi connectivity index (χ4v) is 3.98. The maximum atomic E-state index is 11.0. The van der Waals surface area contributed by atoms with Crippen molar-refractivity contribution in [1.82, 2.24) is 10.1 Å². The third-order valence-corrected chi connectivity index (χ3v) is 5.60. The van der Waals surface area contributed by atoms with Crippen LogP contribution in [0.2, 0.25) is 0 Å². The molecule has 0 bridgehead atoms. The van der Waals surface area contributed by atoms with Gasteiger partial charge in [0.15, 0.2) is 5.76 Å². The number of carbonyl (C=O) groups excluding carboxylic acids is 1. The van der Waals surface area contributed by atoms with Crippen LogP contribution in [0.4, 0.5) is 0 Å². The highest BCUT2D eigenvalue weighted by Gasteiger charge is 2.27. The number of hydrogen-bond acceptors (Lipinski definition) is 7. The fourth-order valence-electron chi connectivity index (χ4n) is 3.98. The van der Waals surface area contributed by atoms with E-state index in [0.717, 1.165) is 54.3 Å². The summed E-state index contributed by atoms with van der Waals surface area (Å²) in [7, 11) is 1.65. The third kappa shape index (κ3) is 5.35. The number of rotatable bonds is 7. The molecule has 31 heavy (non-hydrogen) atoms. The summed E-state index contributed by atoms with van der Waals surface area (Å²) >= 11 is 0. The molecule has 0 N–H and O–H groups in total. The Balaban J connectivity index is 1.49. The number of ether oxygens (including phenoxy) is 2. The molecule has 3 heterocycles. The first-order chi connectivity index (χ1) is 15.1. The maximum absolute atomic E-state index is 11.0. The van der Waals surface area contributed by atoms with Gasteiger partial charge in [-0.3, -0.25) is 9.69 Å². The van der Waals surface area contributed by atoms with Gasteiger partial charge in [0.25, 0.3) is 0 Å². The summed E-state index contributed by atoms with van der Waals surface area (Å²) in [5, 5.41) is 4.32. The van der Waals surface area contributed by atoms with Gasteiger partial charge in [0.05, 0.1) is 19.7 Å². The predicted octanol–water partition coefficient (Wildman–Crippen LogP) is 5.12. The van der Waals surface area contributed by atoms with Gasteiger partial charge in [-0.1, -0.05) is 18.0 Å². The zero-order chi connectivity index (χ0) is 21.6. The van der Waals surface area contributed by atoms with Crippen LogP contribution >= 0.6 is 0 Å². The van der Waals surface area contributed by atoms with Crippen molar-refractivity contribution < 1.29 is 23.2 Å². The highest BCUT2D eigenvalue weighted by Crippen LogP contribution is 2.34. The Kier molecular flexibility index (Phi) is 6.72. The average Bonchev–Trinajstić information content (AvgIpc) is 3.38. The quantitative estimate of drug-likeness (QED) is 0.487. The number of methoxy groups -OCH3 is 1. The van der Waals surface area contributed by atoms with Crippen molar-refractivity contribution in [2.45, 2.75) is 51.8 Å². The molecule has 4 rings (SSSR count). The van der Waals surface area contributed by atoms with Crippen LogP contribution in [-0.4, -0.2) is 29.7 Å². The maximum Gasteiger partial charge on any atom is 0.303 e. The molecule has 164 valence electrons. The summed E-state index contributed by atoms with van der Waals surface area (Å²) in [6.45, 7) is 3.18. The zero-order valence-corrected chi connectivity index (χ0v) is 18.0. The van der Waals surface area contributed by atoms with Gasteiger partial charge in [0, 0.05) is 18.6 Å². The van der Waals surface area contributed by atoms with Crippen molar-refractivity contribution in [3.63, 3.8) is 0 Å². The summed E-state index contributed by atoms with van der Waals surface area (Å²) < 4.78 is 21.9. The van der Waals surface area contributed by atoms with Crippen LogP contribution in [-0.2, 0) is 22.7 Å². The largest absolute Gasteiger partial charge is 0.497 e. The van der Waals surface area contributed by atoms with Crippen LogP contribution < -0.4 is 4.74 Å². The first kappa shape index (κ1) is 21.2.